The molecule has 180 valence electrons. The molecule has 3 heterocycles. The predicted octanol–water partition coefficient (Wildman–Crippen LogP) is 2.52. The minimum atomic E-state index is -0.525. The van der Waals surface area contributed by atoms with Crippen LogP contribution in [0.5, 0.6) is 5.75 Å². The van der Waals surface area contributed by atoms with Crippen LogP contribution < -0.4 is 10.1 Å². The Morgan fingerprint density at radius 2 is 1.91 bits per heavy atom. The molecule has 2 atom stereocenters. The molecule has 2 aliphatic rings. The molecule has 2 fully saturated rings. The zero-order valence-corrected chi connectivity index (χ0v) is 19.9. The zero-order valence-electron chi connectivity index (χ0n) is 19.9. The number of rotatable bonds is 6. The summed E-state index contributed by atoms with van der Waals surface area (Å²) in [7, 11) is 2.17. The van der Waals surface area contributed by atoms with Crippen LogP contribution in [0.3, 0.4) is 0 Å². The minimum absolute atomic E-state index is 0.165. The van der Waals surface area contributed by atoms with Gasteiger partial charge in [0, 0.05) is 18.2 Å². The van der Waals surface area contributed by atoms with Gasteiger partial charge in [-0.05, 0) is 90.5 Å². The first-order valence-corrected chi connectivity index (χ1v) is 12.0. The van der Waals surface area contributed by atoms with Crippen LogP contribution in [0.4, 0.5) is 0 Å². The van der Waals surface area contributed by atoms with Crippen LogP contribution in [0.25, 0.3) is 0 Å². The number of hydrogen-bond acceptors (Lipinski definition) is 7. The summed E-state index contributed by atoms with van der Waals surface area (Å²) in [5, 5.41) is 17.7. The summed E-state index contributed by atoms with van der Waals surface area (Å²) in [5.74, 6) is 1.26. The van der Waals surface area contributed by atoms with Crippen LogP contribution in [0.2, 0.25) is 0 Å². The van der Waals surface area contributed by atoms with Crippen molar-refractivity contribution in [2.45, 2.75) is 64.3 Å². The van der Waals surface area contributed by atoms with Crippen LogP contribution in [0.1, 0.15) is 53.1 Å². The van der Waals surface area contributed by atoms with Crippen molar-refractivity contribution in [3.63, 3.8) is 0 Å². The highest BCUT2D eigenvalue weighted by Gasteiger charge is 2.31. The summed E-state index contributed by atoms with van der Waals surface area (Å²) < 4.78 is 11.0. The van der Waals surface area contributed by atoms with Gasteiger partial charge in [-0.15, -0.1) is 0 Å². The van der Waals surface area contributed by atoms with E-state index in [9.17, 15) is 9.90 Å². The van der Waals surface area contributed by atoms with E-state index in [1.807, 2.05) is 13.8 Å². The predicted molar refractivity (Wildman–Crippen MR) is 125 cm³/mol. The van der Waals surface area contributed by atoms with Gasteiger partial charge in [-0.3, -0.25) is 9.69 Å². The summed E-state index contributed by atoms with van der Waals surface area (Å²) in [4.78, 5) is 17.8. The van der Waals surface area contributed by atoms with Gasteiger partial charge in [0.25, 0.3) is 5.91 Å². The lowest BCUT2D eigenvalue weighted by Crippen LogP contribution is -2.52. The monoisotopic (exact) mass is 456 g/mol. The van der Waals surface area contributed by atoms with Crippen LogP contribution in [-0.4, -0.2) is 77.4 Å². The Bertz CT molecular complexity index is 901. The SMILES string of the molecule is Cc1noc(C)c1COc1ccc(C(=O)NC2CN(C3CCN(C)CC3)CCCC2O)cc1. The summed E-state index contributed by atoms with van der Waals surface area (Å²) in [5.41, 5.74) is 2.31. The lowest BCUT2D eigenvalue weighted by atomic mass is 10.0. The molecule has 0 saturated carbocycles. The Morgan fingerprint density at radius 3 is 2.58 bits per heavy atom. The van der Waals surface area contributed by atoms with E-state index in [1.165, 1.54) is 0 Å². The third kappa shape index (κ3) is 5.93. The molecular formula is C25H36N4O4. The first kappa shape index (κ1) is 23.7. The molecule has 8 heteroatoms. The fraction of sp³-hybridized carbons (Fsp3) is 0.600. The quantitative estimate of drug-likeness (QED) is 0.690. The highest BCUT2D eigenvalue weighted by Crippen LogP contribution is 2.22. The lowest BCUT2D eigenvalue weighted by molar-refractivity contribution is 0.0723. The molecule has 4 rings (SSSR count). The molecule has 0 aliphatic carbocycles. The molecule has 8 nitrogen and oxygen atoms in total. The zero-order chi connectivity index (χ0) is 23.4. The van der Waals surface area contributed by atoms with Gasteiger partial charge in [-0.25, -0.2) is 0 Å². The first-order valence-electron chi connectivity index (χ1n) is 12.0. The van der Waals surface area contributed by atoms with E-state index in [0.29, 0.717) is 36.9 Å². The van der Waals surface area contributed by atoms with E-state index >= 15 is 0 Å². The van der Waals surface area contributed by atoms with Gasteiger partial charge in [0.05, 0.1) is 23.4 Å². The summed E-state index contributed by atoms with van der Waals surface area (Å²) in [6, 6.07) is 7.37. The second-order valence-electron chi connectivity index (χ2n) is 9.43. The Hall–Kier alpha value is -2.42. The topological polar surface area (TPSA) is 91.1 Å². The van der Waals surface area contributed by atoms with E-state index in [-0.39, 0.29) is 11.9 Å². The third-order valence-electron chi connectivity index (χ3n) is 7.04. The van der Waals surface area contributed by atoms with Crippen molar-refractivity contribution in [2.24, 2.45) is 0 Å². The standard InChI is InChI=1S/C25H36N4O4/c1-17-22(18(2)33-27-17)16-32-21-8-6-19(7-9-21)25(31)26-23-15-29(12-4-5-24(23)30)20-10-13-28(3)14-11-20/h6-9,20,23-24,30H,4-5,10-16H2,1-3H3,(H,26,31). The van der Waals surface area contributed by atoms with Gasteiger partial charge >= 0.3 is 0 Å². The molecule has 0 bridgehead atoms. The van der Waals surface area contributed by atoms with Crippen molar-refractivity contribution in [2.75, 3.05) is 33.2 Å². The molecule has 2 aromatic rings. The number of aliphatic hydroxyl groups is 1. The summed E-state index contributed by atoms with van der Waals surface area (Å²) >= 11 is 0. The van der Waals surface area contributed by atoms with Crippen molar-refractivity contribution >= 4 is 5.91 Å². The van der Waals surface area contributed by atoms with E-state index in [1.54, 1.807) is 24.3 Å². The Kier molecular flexibility index (Phi) is 7.67. The lowest BCUT2D eigenvalue weighted by Gasteiger charge is -2.38. The second kappa shape index (κ2) is 10.7. The van der Waals surface area contributed by atoms with Crippen LogP contribution >= 0.6 is 0 Å². The van der Waals surface area contributed by atoms with Crippen molar-refractivity contribution < 1.29 is 19.2 Å². The highest BCUT2D eigenvalue weighted by molar-refractivity contribution is 5.94. The molecule has 1 amide bonds. The number of hydrogen-bond donors (Lipinski definition) is 2. The fourth-order valence-electron chi connectivity index (χ4n) is 4.82. The fourth-order valence-corrected chi connectivity index (χ4v) is 4.82. The van der Waals surface area contributed by atoms with E-state index in [0.717, 1.165) is 55.9 Å². The molecule has 0 spiro atoms. The first-order chi connectivity index (χ1) is 15.9. The number of benzene rings is 1. The number of aliphatic hydroxyl groups excluding tert-OH is 1. The second-order valence-corrected chi connectivity index (χ2v) is 9.43. The largest absolute Gasteiger partial charge is 0.489 e. The van der Waals surface area contributed by atoms with Crippen molar-refractivity contribution in [3.05, 3.63) is 46.8 Å². The molecule has 1 aromatic carbocycles. The molecule has 2 N–H and O–H groups in total. The van der Waals surface area contributed by atoms with Crippen LogP contribution in [-0.2, 0) is 6.61 Å². The molecule has 0 radical (unpaired) electrons. The number of carbonyl (C=O) groups excluding carboxylic acids is 1. The maximum absolute atomic E-state index is 12.9. The number of ether oxygens (including phenoxy) is 1. The van der Waals surface area contributed by atoms with Crippen molar-refractivity contribution in [3.8, 4) is 5.75 Å². The number of likely N-dealkylation sites (tertiary alicyclic amines) is 2. The number of nitrogens with one attached hydrogen (secondary N) is 1. The molecular weight excluding hydrogens is 420 g/mol. The highest BCUT2D eigenvalue weighted by atomic mass is 16.5. The average Bonchev–Trinajstić information content (AvgIpc) is 3.02. The Morgan fingerprint density at radius 1 is 1.18 bits per heavy atom. The average molecular weight is 457 g/mol. The number of piperidine rings is 1. The van der Waals surface area contributed by atoms with E-state index < -0.39 is 6.10 Å². The Labute approximate surface area is 195 Å². The number of nitrogens with zero attached hydrogens (tertiary/aromatic N) is 3. The Balaban J connectivity index is 1.34. The smallest absolute Gasteiger partial charge is 0.251 e. The molecule has 2 aliphatic heterocycles. The van der Waals surface area contributed by atoms with Gasteiger partial charge in [0.2, 0.25) is 0 Å². The molecule has 2 saturated heterocycles. The van der Waals surface area contributed by atoms with Gasteiger partial charge in [-0.2, -0.15) is 0 Å². The number of amides is 1. The van der Waals surface area contributed by atoms with Gasteiger partial charge in [-0.1, -0.05) is 5.16 Å². The van der Waals surface area contributed by atoms with Crippen LogP contribution in [0.15, 0.2) is 28.8 Å². The number of aryl methyl sites for hydroxylation is 2. The maximum Gasteiger partial charge on any atom is 0.251 e. The van der Waals surface area contributed by atoms with Gasteiger partial charge in [0.1, 0.15) is 18.1 Å². The van der Waals surface area contributed by atoms with Crippen molar-refractivity contribution in [1.82, 2.24) is 20.3 Å². The van der Waals surface area contributed by atoms with Gasteiger partial charge in [0.15, 0.2) is 0 Å². The van der Waals surface area contributed by atoms with Crippen LogP contribution in [0, 0.1) is 13.8 Å². The summed E-state index contributed by atoms with van der Waals surface area (Å²) in [6.07, 6.45) is 3.42. The molecule has 1 aromatic heterocycles. The van der Waals surface area contributed by atoms with E-state index in [4.69, 9.17) is 9.26 Å². The molecule has 33 heavy (non-hydrogen) atoms. The minimum Gasteiger partial charge on any atom is -0.489 e. The third-order valence-corrected chi connectivity index (χ3v) is 7.04. The normalized spacial score (nSPS) is 23.3. The van der Waals surface area contributed by atoms with E-state index in [2.05, 4.69) is 27.3 Å². The van der Waals surface area contributed by atoms with Gasteiger partial charge < -0.3 is 24.6 Å². The number of aromatic nitrogens is 1. The number of carbonyl (C=O) groups is 1. The maximum atomic E-state index is 12.9. The molecule has 2 unspecified atom stereocenters. The summed E-state index contributed by atoms with van der Waals surface area (Å²) in [6.45, 7) is 8.00. The van der Waals surface area contributed by atoms with Crippen molar-refractivity contribution in [1.29, 1.82) is 0 Å².